The fourth-order valence-corrected chi connectivity index (χ4v) is 3.07. The van der Waals surface area contributed by atoms with E-state index in [1.54, 1.807) is 19.2 Å². The van der Waals surface area contributed by atoms with Gasteiger partial charge in [0.15, 0.2) is 5.96 Å². The Balaban J connectivity index is 1.73. The molecule has 150 valence electrons. The summed E-state index contributed by atoms with van der Waals surface area (Å²) in [5.74, 6) is 0.725. The molecule has 1 aromatic rings. The first-order valence-electron chi connectivity index (χ1n) is 9.52. The van der Waals surface area contributed by atoms with Crippen molar-refractivity contribution >= 4 is 11.6 Å². The molecule has 0 spiro atoms. The third kappa shape index (κ3) is 7.52. The minimum atomic E-state index is -0.378. The number of benzene rings is 1. The van der Waals surface area contributed by atoms with Crippen molar-refractivity contribution in [2.75, 3.05) is 33.3 Å². The summed E-state index contributed by atoms with van der Waals surface area (Å²) in [4.78, 5) is 17.2. The molecule has 8 nitrogen and oxygen atoms in total. The number of hydrogen-bond acceptors (Lipinski definition) is 5. The Morgan fingerprint density at radius 2 is 2.15 bits per heavy atom. The van der Waals surface area contributed by atoms with E-state index in [1.807, 2.05) is 6.07 Å². The zero-order chi connectivity index (χ0) is 19.6. The molecule has 0 aromatic heterocycles. The van der Waals surface area contributed by atoms with Gasteiger partial charge in [0.2, 0.25) is 0 Å². The number of rotatable bonds is 8. The van der Waals surface area contributed by atoms with Crippen LogP contribution in [0.4, 0.5) is 5.69 Å². The third-order valence-corrected chi connectivity index (χ3v) is 4.59. The average molecular weight is 377 g/mol. The number of piperidine rings is 1. The molecular formula is C19H31N5O3. The van der Waals surface area contributed by atoms with Crippen LogP contribution in [-0.2, 0) is 11.3 Å². The van der Waals surface area contributed by atoms with Crippen LogP contribution in [0.2, 0.25) is 0 Å². The summed E-state index contributed by atoms with van der Waals surface area (Å²) in [5, 5.41) is 17.6. The van der Waals surface area contributed by atoms with Gasteiger partial charge in [-0.1, -0.05) is 12.1 Å². The van der Waals surface area contributed by atoms with Gasteiger partial charge in [0.1, 0.15) is 0 Å². The summed E-state index contributed by atoms with van der Waals surface area (Å²) >= 11 is 0. The van der Waals surface area contributed by atoms with Crippen molar-refractivity contribution in [2.45, 2.75) is 45.4 Å². The van der Waals surface area contributed by atoms with E-state index >= 15 is 0 Å². The maximum atomic E-state index is 10.9. The molecular weight excluding hydrogens is 346 g/mol. The predicted octanol–water partition coefficient (Wildman–Crippen LogP) is 2.15. The number of nitro groups is 1. The highest BCUT2D eigenvalue weighted by Gasteiger charge is 2.19. The van der Waals surface area contributed by atoms with E-state index in [1.165, 1.54) is 6.07 Å². The van der Waals surface area contributed by atoms with Crippen LogP contribution < -0.4 is 10.6 Å². The molecule has 8 heteroatoms. The minimum Gasteiger partial charge on any atom is -0.377 e. The van der Waals surface area contributed by atoms with E-state index in [0.717, 1.165) is 50.6 Å². The Morgan fingerprint density at radius 3 is 2.78 bits per heavy atom. The second kappa shape index (κ2) is 10.8. The number of ether oxygens (including phenoxy) is 1. The number of hydrogen-bond donors (Lipinski definition) is 2. The molecule has 0 radical (unpaired) electrons. The van der Waals surface area contributed by atoms with Crippen LogP contribution in [-0.4, -0.2) is 61.2 Å². The second-order valence-electron chi connectivity index (χ2n) is 7.03. The van der Waals surface area contributed by atoms with Gasteiger partial charge in [-0.3, -0.25) is 15.1 Å². The molecule has 27 heavy (non-hydrogen) atoms. The molecule has 0 bridgehead atoms. The Labute approximate surface area is 161 Å². The topological polar surface area (TPSA) is 92.0 Å². The molecule has 1 saturated heterocycles. The molecule has 1 fully saturated rings. The minimum absolute atomic E-state index is 0.103. The van der Waals surface area contributed by atoms with Crippen LogP contribution in [0.15, 0.2) is 29.3 Å². The lowest BCUT2D eigenvalue weighted by Crippen LogP contribution is -2.49. The van der Waals surface area contributed by atoms with Crippen molar-refractivity contribution in [1.29, 1.82) is 0 Å². The molecule has 0 saturated carbocycles. The quantitative estimate of drug-likeness (QED) is 0.312. The van der Waals surface area contributed by atoms with Gasteiger partial charge in [0.25, 0.3) is 5.69 Å². The fraction of sp³-hybridized carbons (Fsp3) is 0.632. The van der Waals surface area contributed by atoms with Gasteiger partial charge < -0.3 is 20.3 Å². The summed E-state index contributed by atoms with van der Waals surface area (Å²) in [5.41, 5.74) is 0.957. The zero-order valence-electron chi connectivity index (χ0n) is 16.5. The molecule has 0 unspecified atom stereocenters. The molecule has 1 aliphatic rings. The Hall–Kier alpha value is -2.19. The average Bonchev–Trinajstić information content (AvgIpc) is 2.66. The van der Waals surface area contributed by atoms with Gasteiger partial charge >= 0.3 is 0 Å². The molecule has 2 N–H and O–H groups in total. The van der Waals surface area contributed by atoms with Crippen LogP contribution in [0, 0.1) is 10.1 Å². The van der Waals surface area contributed by atoms with Gasteiger partial charge in [-0.05, 0) is 32.3 Å². The van der Waals surface area contributed by atoms with Crippen molar-refractivity contribution in [3.63, 3.8) is 0 Å². The van der Waals surface area contributed by atoms with Crippen LogP contribution >= 0.6 is 0 Å². The maximum Gasteiger partial charge on any atom is 0.269 e. The molecule has 0 aliphatic carbocycles. The molecule has 1 heterocycles. The lowest BCUT2D eigenvalue weighted by Gasteiger charge is -2.33. The fourth-order valence-electron chi connectivity index (χ4n) is 3.07. The summed E-state index contributed by atoms with van der Waals surface area (Å²) < 4.78 is 5.62. The Morgan fingerprint density at radius 1 is 1.41 bits per heavy atom. The molecule has 1 aromatic carbocycles. The van der Waals surface area contributed by atoms with E-state index in [9.17, 15) is 10.1 Å². The van der Waals surface area contributed by atoms with E-state index in [4.69, 9.17) is 4.74 Å². The van der Waals surface area contributed by atoms with E-state index < -0.39 is 0 Å². The van der Waals surface area contributed by atoms with Crippen LogP contribution in [0.1, 0.15) is 32.3 Å². The first kappa shape index (κ1) is 21.1. The summed E-state index contributed by atoms with van der Waals surface area (Å²) in [6, 6.07) is 7.02. The van der Waals surface area contributed by atoms with Crippen molar-refractivity contribution in [3.05, 3.63) is 39.9 Å². The number of guanidine groups is 1. The molecule has 1 aliphatic heterocycles. The van der Waals surface area contributed by atoms with Crippen molar-refractivity contribution in [2.24, 2.45) is 4.99 Å². The standard InChI is InChI=1S/C19H31N5O3/c1-15(2)27-12-11-23-9-7-17(8-10-23)22-19(20-3)21-14-16-5-4-6-18(13-16)24(25)26/h4-6,13,15,17H,7-12,14H2,1-3H3,(H2,20,21,22). The monoisotopic (exact) mass is 377 g/mol. The second-order valence-corrected chi connectivity index (χ2v) is 7.03. The highest BCUT2D eigenvalue weighted by Crippen LogP contribution is 2.13. The third-order valence-electron chi connectivity index (χ3n) is 4.59. The zero-order valence-corrected chi connectivity index (χ0v) is 16.5. The number of non-ortho nitro benzene ring substituents is 1. The number of likely N-dealkylation sites (tertiary alicyclic amines) is 1. The van der Waals surface area contributed by atoms with Crippen LogP contribution in [0.5, 0.6) is 0 Å². The van der Waals surface area contributed by atoms with Gasteiger partial charge in [-0.15, -0.1) is 0 Å². The van der Waals surface area contributed by atoms with Crippen molar-refractivity contribution in [3.8, 4) is 0 Å². The molecule has 0 amide bonds. The summed E-state index contributed by atoms with van der Waals surface area (Å²) in [6.07, 6.45) is 2.39. The molecule has 2 rings (SSSR count). The smallest absolute Gasteiger partial charge is 0.269 e. The maximum absolute atomic E-state index is 10.9. The Bertz CT molecular complexity index is 628. The normalized spacial score (nSPS) is 16.5. The number of aliphatic imine (C=N–C) groups is 1. The highest BCUT2D eigenvalue weighted by atomic mass is 16.6. The Kier molecular flexibility index (Phi) is 8.47. The number of nitrogens with zero attached hydrogens (tertiary/aromatic N) is 3. The summed E-state index contributed by atoms with van der Waals surface area (Å²) in [7, 11) is 1.74. The lowest BCUT2D eigenvalue weighted by molar-refractivity contribution is -0.384. The number of nitro benzene ring substituents is 1. The van der Waals surface area contributed by atoms with E-state index in [2.05, 4.69) is 34.4 Å². The number of nitrogens with one attached hydrogen (secondary N) is 2. The predicted molar refractivity (Wildman–Crippen MR) is 107 cm³/mol. The summed E-state index contributed by atoms with van der Waals surface area (Å²) in [6.45, 7) is 8.45. The first-order valence-corrected chi connectivity index (χ1v) is 9.52. The van der Waals surface area contributed by atoms with Crippen molar-refractivity contribution < 1.29 is 9.66 Å². The van der Waals surface area contributed by atoms with E-state index in [0.29, 0.717) is 12.6 Å². The molecule has 0 atom stereocenters. The highest BCUT2D eigenvalue weighted by molar-refractivity contribution is 5.80. The van der Waals surface area contributed by atoms with Gasteiger partial charge in [-0.2, -0.15) is 0 Å². The van der Waals surface area contributed by atoms with Crippen molar-refractivity contribution in [1.82, 2.24) is 15.5 Å². The first-order chi connectivity index (χ1) is 13.0. The van der Waals surface area contributed by atoms with E-state index in [-0.39, 0.29) is 16.7 Å². The largest absolute Gasteiger partial charge is 0.377 e. The van der Waals surface area contributed by atoms with Gasteiger partial charge in [0, 0.05) is 51.4 Å². The van der Waals surface area contributed by atoms with Gasteiger partial charge in [-0.25, -0.2) is 0 Å². The lowest BCUT2D eigenvalue weighted by atomic mass is 10.1. The van der Waals surface area contributed by atoms with Crippen LogP contribution in [0.25, 0.3) is 0 Å². The van der Waals surface area contributed by atoms with Gasteiger partial charge in [0.05, 0.1) is 17.6 Å². The van der Waals surface area contributed by atoms with Crippen LogP contribution in [0.3, 0.4) is 0 Å². The SMILES string of the molecule is CN=C(NCc1cccc([N+](=O)[O-])c1)NC1CCN(CCOC(C)C)CC1.